The molecule has 2 aromatic carbocycles. The van der Waals surface area contributed by atoms with Gasteiger partial charge in [0, 0.05) is 17.2 Å². The van der Waals surface area contributed by atoms with Crippen LogP contribution in [0.25, 0.3) is 0 Å². The van der Waals surface area contributed by atoms with E-state index >= 15 is 0 Å². The molecule has 25 heavy (non-hydrogen) atoms. The second-order valence-electron chi connectivity index (χ2n) is 5.17. The Morgan fingerprint density at radius 3 is 2.44 bits per heavy atom. The van der Waals surface area contributed by atoms with E-state index in [1.165, 1.54) is 18.2 Å². The Labute approximate surface area is 151 Å². The Balaban J connectivity index is 1.70. The number of nitro groups is 1. The van der Waals surface area contributed by atoms with Gasteiger partial charge in [0.05, 0.1) is 27.6 Å². The minimum atomic E-state index is -0.619. The van der Waals surface area contributed by atoms with Crippen LogP contribution in [0.5, 0.6) is 5.75 Å². The van der Waals surface area contributed by atoms with E-state index < -0.39 is 16.7 Å². The van der Waals surface area contributed by atoms with Crippen LogP contribution in [0, 0.1) is 10.1 Å². The van der Waals surface area contributed by atoms with Gasteiger partial charge >= 0.3 is 0 Å². The first-order valence-corrected chi connectivity index (χ1v) is 7.86. The van der Waals surface area contributed by atoms with Crippen LogP contribution < -0.4 is 4.74 Å². The molecular weight excluding hydrogens is 371 g/mol. The number of non-ortho nitro benzene ring substituents is 1. The van der Waals surface area contributed by atoms with Crippen LogP contribution in [-0.2, 0) is 0 Å². The minimum Gasteiger partial charge on any atom is -0.490 e. The number of amides is 2. The van der Waals surface area contributed by atoms with Crippen LogP contribution in [-0.4, -0.2) is 34.8 Å². The van der Waals surface area contributed by atoms with E-state index in [1.54, 1.807) is 12.1 Å². The van der Waals surface area contributed by atoms with E-state index in [9.17, 15) is 19.7 Å². The molecule has 0 aromatic heterocycles. The predicted octanol–water partition coefficient (Wildman–Crippen LogP) is 3.58. The topological polar surface area (TPSA) is 89.8 Å². The molecule has 1 aliphatic heterocycles. The third-order valence-corrected chi connectivity index (χ3v) is 4.16. The fourth-order valence-electron chi connectivity index (χ4n) is 2.43. The summed E-state index contributed by atoms with van der Waals surface area (Å²) in [5, 5.41) is 11.6. The second kappa shape index (κ2) is 6.70. The highest BCUT2D eigenvalue weighted by molar-refractivity contribution is 6.35. The van der Waals surface area contributed by atoms with E-state index in [0.29, 0.717) is 15.8 Å². The number of hydrogen-bond acceptors (Lipinski definition) is 5. The lowest BCUT2D eigenvalue weighted by Gasteiger charge is -2.15. The van der Waals surface area contributed by atoms with Gasteiger partial charge in [-0.25, -0.2) is 0 Å². The van der Waals surface area contributed by atoms with Crippen molar-refractivity contribution in [3.63, 3.8) is 0 Å². The van der Waals surface area contributed by atoms with Crippen molar-refractivity contribution in [1.82, 2.24) is 4.90 Å². The number of halogens is 2. The lowest BCUT2D eigenvalue weighted by Crippen LogP contribution is -2.33. The number of carbonyl (C=O) groups is 2. The van der Waals surface area contributed by atoms with Gasteiger partial charge in [-0.1, -0.05) is 23.2 Å². The van der Waals surface area contributed by atoms with E-state index in [0.717, 1.165) is 11.0 Å². The molecule has 3 rings (SSSR count). The highest BCUT2D eigenvalue weighted by Crippen LogP contribution is 2.29. The number of benzene rings is 2. The van der Waals surface area contributed by atoms with Crippen LogP contribution in [0.2, 0.25) is 10.0 Å². The maximum absolute atomic E-state index is 12.3. The van der Waals surface area contributed by atoms with Crippen molar-refractivity contribution in [3.05, 3.63) is 67.7 Å². The summed E-state index contributed by atoms with van der Waals surface area (Å²) < 4.78 is 5.47. The molecule has 0 unspecified atom stereocenters. The van der Waals surface area contributed by atoms with Gasteiger partial charge in [0.25, 0.3) is 17.5 Å². The van der Waals surface area contributed by atoms with Crippen molar-refractivity contribution < 1.29 is 19.2 Å². The van der Waals surface area contributed by atoms with Gasteiger partial charge in [0.1, 0.15) is 12.4 Å². The van der Waals surface area contributed by atoms with Crippen molar-refractivity contribution in [2.24, 2.45) is 0 Å². The van der Waals surface area contributed by atoms with Crippen molar-refractivity contribution in [3.8, 4) is 5.75 Å². The molecule has 2 amide bonds. The first kappa shape index (κ1) is 17.2. The number of rotatable bonds is 5. The zero-order valence-electron chi connectivity index (χ0n) is 12.6. The monoisotopic (exact) mass is 380 g/mol. The van der Waals surface area contributed by atoms with Gasteiger partial charge in [0.2, 0.25) is 0 Å². The van der Waals surface area contributed by atoms with Crippen LogP contribution in [0.15, 0.2) is 36.4 Å². The fraction of sp³-hybridized carbons (Fsp3) is 0.125. The van der Waals surface area contributed by atoms with E-state index in [-0.39, 0.29) is 30.0 Å². The van der Waals surface area contributed by atoms with Crippen LogP contribution in [0.1, 0.15) is 20.7 Å². The number of nitrogens with zero attached hydrogens (tertiary/aromatic N) is 2. The predicted molar refractivity (Wildman–Crippen MR) is 90.4 cm³/mol. The highest BCUT2D eigenvalue weighted by Gasteiger charge is 2.36. The maximum atomic E-state index is 12.3. The van der Waals surface area contributed by atoms with Crippen LogP contribution >= 0.6 is 23.2 Å². The summed E-state index contributed by atoms with van der Waals surface area (Å²) in [6.07, 6.45) is 0. The average molecular weight is 381 g/mol. The summed E-state index contributed by atoms with van der Waals surface area (Å²) in [6.45, 7) is 0.00795. The zero-order chi connectivity index (χ0) is 18.1. The number of carbonyl (C=O) groups excluding carboxylic acids is 2. The maximum Gasteiger partial charge on any atom is 0.270 e. The van der Waals surface area contributed by atoms with Crippen molar-refractivity contribution in [1.29, 1.82) is 0 Å². The largest absolute Gasteiger partial charge is 0.490 e. The molecule has 9 heteroatoms. The Morgan fingerprint density at radius 1 is 1.04 bits per heavy atom. The van der Waals surface area contributed by atoms with Gasteiger partial charge in [0.15, 0.2) is 0 Å². The molecule has 0 saturated heterocycles. The molecule has 0 aliphatic carbocycles. The summed E-state index contributed by atoms with van der Waals surface area (Å²) in [4.78, 5) is 35.8. The molecule has 7 nitrogen and oxygen atoms in total. The first-order valence-electron chi connectivity index (χ1n) is 7.11. The van der Waals surface area contributed by atoms with Gasteiger partial charge in [-0.2, -0.15) is 0 Å². The number of ether oxygens (including phenoxy) is 1. The molecule has 0 atom stereocenters. The summed E-state index contributed by atoms with van der Waals surface area (Å²) >= 11 is 11.8. The number of nitro benzene ring substituents is 1. The second-order valence-corrected chi connectivity index (χ2v) is 6.02. The Bertz CT molecular complexity index is 900. The molecular formula is C16H10Cl2N2O5. The number of imide groups is 1. The van der Waals surface area contributed by atoms with Crippen LogP contribution in [0.4, 0.5) is 5.69 Å². The Hall–Kier alpha value is -2.64. The third-order valence-electron chi connectivity index (χ3n) is 3.63. The Kier molecular flexibility index (Phi) is 4.61. The van der Waals surface area contributed by atoms with E-state index in [1.807, 2.05) is 0 Å². The average Bonchev–Trinajstić information content (AvgIpc) is 2.81. The SMILES string of the molecule is O=C1c2ccc([N+](=O)[O-])cc2C(=O)N1CCOc1ccc(Cl)cc1Cl. The summed E-state index contributed by atoms with van der Waals surface area (Å²) in [5.74, 6) is -0.728. The lowest BCUT2D eigenvalue weighted by molar-refractivity contribution is -0.384. The first-order chi connectivity index (χ1) is 11.9. The molecule has 1 heterocycles. The number of fused-ring (bicyclic) bond motifs is 1. The van der Waals surface area contributed by atoms with Gasteiger partial charge in [-0.3, -0.25) is 24.6 Å². The minimum absolute atomic E-state index is 0.0148. The highest BCUT2D eigenvalue weighted by atomic mass is 35.5. The molecule has 0 bridgehead atoms. The van der Waals surface area contributed by atoms with E-state index in [4.69, 9.17) is 27.9 Å². The molecule has 0 fully saturated rings. The molecule has 0 N–H and O–H groups in total. The lowest BCUT2D eigenvalue weighted by atomic mass is 10.1. The molecule has 128 valence electrons. The quantitative estimate of drug-likeness (QED) is 0.449. The molecule has 0 saturated carbocycles. The van der Waals surface area contributed by atoms with E-state index in [2.05, 4.69) is 0 Å². The van der Waals surface area contributed by atoms with Gasteiger partial charge < -0.3 is 4.74 Å². The third kappa shape index (κ3) is 3.29. The molecule has 2 aromatic rings. The number of hydrogen-bond donors (Lipinski definition) is 0. The standard InChI is InChI=1S/C16H10Cl2N2O5/c17-9-1-4-14(13(18)7-9)25-6-5-19-15(21)11-3-2-10(20(23)24)8-12(11)16(19)22/h1-4,7-8H,5-6H2. The van der Waals surface area contributed by atoms with Crippen molar-refractivity contribution in [2.75, 3.05) is 13.2 Å². The summed E-state index contributed by atoms with van der Waals surface area (Å²) in [6, 6.07) is 8.27. The summed E-state index contributed by atoms with van der Waals surface area (Å²) in [5.41, 5.74) is -0.0882. The normalized spacial score (nSPS) is 13.1. The van der Waals surface area contributed by atoms with Crippen molar-refractivity contribution in [2.45, 2.75) is 0 Å². The summed E-state index contributed by atoms with van der Waals surface area (Å²) in [7, 11) is 0. The molecule has 1 aliphatic rings. The zero-order valence-corrected chi connectivity index (χ0v) is 14.1. The smallest absolute Gasteiger partial charge is 0.270 e. The van der Waals surface area contributed by atoms with Gasteiger partial charge in [-0.15, -0.1) is 0 Å². The fourth-order valence-corrected chi connectivity index (χ4v) is 2.90. The van der Waals surface area contributed by atoms with Gasteiger partial charge in [-0.05, 0) is 24.3 Å². The van der Waals surface area contributed by atoms with Crippen LogP contribution in [0.3, 0.4) is 0 Å². The van der Waals surface area contributed by atoms with Crippen molar-refractivity contribution >= 4 is 40.7 Å². The Morgan fingerprint density at radius 2 is 1.76 bits per heavy atom. The molecule has 0 spiro atoms. The molecule has 0 radical (unpaired) electrons.